The fourth-order valence-corrected chi connectivity index (χ4v) is 1.46. The number of rotatable bonds is 6. The van der Waals surface area contributed by atoms with Crippen LogP contribution in [0.1, 0.15) is 39.0 Å². The molecule has 0 bridgehead atoms. The molecule has 0 aromatic heterocycles. The summed E-state index contributed by atoms with van der Waals surface area (Å²) in [5.74, 6) is -0.656. The highest BCUT2D eigenvalue weighted by Gasteiger charge is 2.16. The van der Waals surface area contributed by atoms with Gasteiger partial charge in [0, 0.05) is 19.4 Å². The number of ether oxygens (including phenoxy) is 2. The Labute approximate surface area is 89.9 Å². The maximum Gasteiger partial charge on any atom is 0.200 e. The highest BCUT2D eigenvalue weighted by atomic mass is 16.7. The van der Waals surface area contributed by atoms with E-state index in [1.807, 2.05) is 0 Å². The van der Waals surface area contributed by atoms with Crippen LogP contribution in [0, 0.1) is 0 Å². The molecule has 4 nitrogen and oxygen atoms in total. The van der Waals surface area contributed by atoms with Crippen LogP contribution in [0.25, 0.3) is 0 Å². The van der Waals surface area contributed by atoms with Crippen molar-refractivity contribution in [2.24, 2.45) is 0 Å². The Kier molecular flexibility index (Phi) is 5.50. The molecule has 0 aromatic rings. The summed E-state index contributed by atoms with van der Waals surface area (Å²) in [7, 11) is 0. The Hall–Kier alpha value is -0.740. The lowest BCUT2D eigenvalue weighted by Crippen LogP contribution is -2.24. The molecule has 1 rings (SSSR count). The number of carbonyl (C=O) groups is 2. The maximum atomic E-state index is 11.1. The van der Waals surface area contributed by atoms with Gasteiger partial charge in [-0.25, -0.2) is 0 Å². The first-order chi connectivity index (χ1) is 7.24. The molecule has 0 N–H and O–H groups in total. The standard InChI is InChI=1S/C11H18O4/c1-2-9(12)10(13)6-8-15-11-5-3-4-7-14-11/h11H,2-8H2,1H3. The topological polar surface area (TPSA) is 52.6 Å². The van der Waals surface area contributed by atoms with Crippen molar-refractivity contribution in [1.82, 2.24) is 0 Å². The van der Waals surface area contributed by atoms with E-state index < -0.39 is 0 Å². The van der Waals surface area contributed by atoms with Crippen molar-refractivity contribution >= 4 is 11.6 Å². The van der Waals surface area contributed by atoms with Crippen molar-refractivity contribution in [2.75, 3.05) is 13.2 Å². The molecule has 0 radical (unpaired) electrons. The van der Waals surface area contributed by atoms with Crippen molar-refractivity contribution in [3.05, 3.63) is 0 Å². The molecule has 4 heteroatoms. The molecule has 15 heavy (non-hydrogen) atoms. The largest absolute Gasteiger partial charge is 0.353 e. The first-order valence-electron chi connectivity index (χ1n) is 5.53. The van der Waals surface area contributed by atoms with Gasteiger partial charge in [0.15, 0.2) is 12.1 Å². The quantitative estimate of drug-likeness (QED) is 0.628. The molecular weight excluding hydrogens is 196 g/mol. The van der Waals surface area contributed by atoms with Gasteiger partial charge in [0.25, 0.3) is 0 Å². The van der Waals surface area contributed by atoms with Gasteiger partial charge in [-0.2, -0.15) is 0 Å². The van der Waals surface area contributed by atoms with Crippen LogP contribution in [0.3, 0.4) is 0 Å². The van der Waals surface area contributed by atoms with Crippen LogP contribution in [0.2, 0.25) is 0 Å². The number of Topliss-reactive ketones (excluding diaryl/α,β-unsaturated/α-hetero) is 2. The molecule has 1 unspecified atom stereocenters. The lowest BCUT2D eigenvalue weighted by atomic mass is 10.1. The number of ketones is 2. The minimum atomic E-state index is -0.340. The lowest BCUT2D eigenvalue weighted by molar-refractivity contribution is -0.164. The number of hydrogen-bond acceptors (Lipinski definition) is 4. The van der Waals surface area contributed by atoms with Crippen LogP contribution in [-0.4, -0.2) is 31.1 Å². The van der Waals surface area contributed by atoms with Crippen molar-refractivity contribution < 1.29 is 19.1 Å². The van der Waals surface area contributed by atoms with Crippen LogP contribution in [0.15, 0.2) is 0 Å². The van der Waals surface area contributed by atoms with E-state index in [4.69, 9.17) is 9.47 Å². The molecule has 0 saturated carbocycles. The van der Waals surface area contributed by atoms with Gasteiger partial charge < -0.3 is 9.47 Å². The van der Waals surface area contributed by atoms with Gasteiger partial charge >= 0.3 is 0 Å². The van der Waals surface area contributed by atoms with Crippen molar-refractivity contribution in [2.45, 2.75) is 45.3 Å². The lowest BCUT2D eigenvalue weighted by Gasteiger charge is -2.22. The van der Waals surface area contributed by atoms with E-state index in [9.17, 15) is 9.59 Å². The van der Waals surface area contributed by atoms with Crippen LogP contribution in [-0.2, 0) is 19.1 Å². The van der Waals surface area contributed by atoms with Gasteiger partial charge in [0.1, 0.15) is 0 Å². The fraction of sp³-hybridized carbons (Fsp3) is 0.818. The Morgan fingerprint density at radius 2 is 2.13 bits per heavy atom. The summed E-state index contributed by atoms with van der Waals surface area (Å²) in [4.78, 5) is 22.1. The van der Waals surface area contributed by atoms with Gasteiger partial charge in [-0.3, -0.25) is 9.59 Å². The zero-order chi connectivity index (χ0) is 11.1. The monoisotopic (exact) mass is 214 g/mol. The zero-order valence-corrected chi connectivity index (χ0v) is 9.16. The SMILES string of the molecule is CCC(=O)C(=O)CCOC1CCCCO1. The van der Waals surface area contributed by atoms with Gasteiger partial charge in [0.2, 0.25) is 5.78 Å². The van der Waals surface area contributed by atoms with E-state index in [1.54, 1.807) is 6.92 Å². The third-order valence-electron chi connectivity index (χ3n) is 2.40. The molecule has 86 valence electrons. The molecule has 0 aromatic carbocycles. The van der Waals surface area contributed by atoms with Gasteiger partial charge in [-0.15, -0.1) is 0 Å². The summed E-state index contributed by atoms with van der Waals surface area (Å²) in [6, 6.07) is 0. The highest BCUT2D eigenvalue weighted by Crippen LogP contribution is 2.13. The first kappa shape index (κ1) is 12.3. The van der Waals surface area contributed by atoms with Gasteiger partial charge in [0.05, 0.1) is 6.61 Å². The molecule has 1 saturated heterocycles. The average Bonchev–Trinajstić information content (AvgIpc) is 2.29. The Morgan fingerprint density at radius 1 is 1.33 bits per heavy atom. The molecule has 1 aliphatic heterocycles. The Bertz CT molecular complexity index is 219. The molecule has 0 spiro atoms. The summed E-state index contributed by atoms with van der Waals surface area (Å²) < 4.78 is 10.7. The second kappa shape index (κ2) is 6.69. The van der Waals surface area contributed by atoms with Gasteiger partial charge in [-0.05, 0) is 19.3 Å². The summed E-state index contributed by atoms with van der Waals surface area (Å²) in [5.41, 5.74) is 0. The van der Waals surface area contributed by atoms with Gasteiger partial charge in [-0.1, -0.05) is 6.92 Å². The first-order valence-corrected chi connectivity index (χ1v) is 5.53. The summed E-state index contributed by atoms with van der Waals surface area (Å²) in [5, 5.41) is 0. The van der Waals surface area contributed by atoms with Crippen molar-refractivity contribution in [1.29, 1.82) is 0 Å². The Balaban J connectivity index is 2.09. The minimum absolute atomic E-state index is 0.173. The average molecular weight is 214 g/mol. The molecule has 1 fully saturated rings. The van der Waals surface area contributed by atoms with Crippen LogP contribution in [0.5, 0.6) is 0 Å². The normalized spacial score (nSPS) is 21.3. The predicted octanol–water partition coefficient (Wildman–Crippen LogP) is 1.47. The maximum absolute atomic E-state index is 11.1. The second-order valence-electron chi connectivity index (χ2n) is 3.62. The summed E-state index contributed by atoms with van der Waals surface area (Å²) in [6.07, 6.45) is 3.34. The van der Waals surface area contributed by atoms with E-state index in [0.29, 0.717) is 0 Å². The minimum Gasteiger partial charge on any atom is -0.353 e. The van der Waals surface area contributed by atoms with E-state index >= 15 is 0 Å². The molecule has 1 aliphatic rings. The molecule has 0 amide bonds. The fourth-order valence-electron chi connectivity index (χ4n) is 1.46. The van der Waals surface area contributed by atoms with Crippen LogP contribution in [0.4, 0.5) is 0 Å². The molecule has 1 atom stereocenters. The van der Waals surface area contributed by atoms with Crippen LogP contribution >= 0.6 is 0 Å². The third-order valence-corrected chi connectivity index (χ3v) is 2.40. The summed E-state index contributed by atoms with van der Waals surface area (Å²) in [6.45, 7) is 2.70. The molecule has 0 aliphatic carbocycles. The smallest absolute Gasteiger partial charge is 0.200 e. The predicted molar refractivity (Wildman–Crippen MR) is 54.5 cm³/mol. The van der Waals surface area contributed by atoms with E-state index in [1.165, 1.54) is 0 Å². The van der Waals surface area contributed by atoms with Crippen LogP contribution < -0.4 is 0 Å². The van der Waals surface area contributed by atoms with E-state index in [-0.39, 0.29) is 37.3 Å². The third kappa shape index (κ3) is 4.53. The van der Waals surface area contributed by atoms with E-state index in [2.05, 4.69) is 0 Å². The Morgan fingerprint density at radius 3 is 2.73 bits per heavy atom. The molecular formula is C11H18O4. The summed E-state index contributed by atoms with van der Waals surface area (Å²) >= 11 is 0. The van der Waals surface area contributed by atoms with E-state index in [0.717, 1.165) is 25.9 Å². The molecule has 1 heterocycles. The zero-order valence-electron chi connectivity index (χ0n) is 9.16. The number of hydrogen-bond donors (Lipinski definition) is 0. The van der Waals surface area contributed by atoms with Crippen molar-refractivity contribution in [3.8, 4) is 0 Å². The highest BCUT2D eigenvalue weighted by molar-refractivity contribution is 6.37. The van der Waals surface area contributed by atoms with Crippen molar-refractivity contribution in [3.63, 3.8) is 0 Å². The number of carbonyl (C=O) groups excluding carboxylic acids is 2. The second-order valence-corrected chi connectivity index (χ2v) is 3.62.